The predicted octanol–water partition coefficient (Wildman–Crippen LogP) is 2.14. The van der Waals surface area contributed by atoms with Crippen LogP contribution in [0.4, 0.5) is 0 Å². The number of hydrogen-bond donors (Lipinski definition) is 1. The number of benzene rings is 1. The van der Waals surface area contributed by atoms with Crippen molar-refractivity contribution in [1.82, 2.24) is 5.32 Å². The zero-order chi connectivity index (χ0) is 13.6. The van der Waals surface area contributed by atoms with Gasteiger partial charge in [-0.3, -0.25) is 9.59 Å². The fourth-order valence-electron chi connectivity index (χ4n) is 1.21. The van der Waals surface area contributed by atoms with Gasteiger partial charge >= 0.3 is 5.97 Å². The third-order valence-electron chi connectivity index (χ3n) is 2.27. The highest BCUT2D eigenvalue weighted by atomic mass is 16.5. The molecule has 1 N–H and O–H groups in total. The number of carbonyl (C=O) groups excluding carboxylic acids is 2. The van der Waals surface area contributed by atoms with E-state index in [2.05, 4.69) is 5.32 Å². The zero-order valence-corrected chi connectivity index (χ0v) is 11.0. The summed E-state index contributed by atoms with van der Waals surface area (Å²) < 4.78 is 5.09. The van der Waals surface area contributed by atoms with E-state index >= 15 is 0 Å². The summed E-state index contributed by atoms with van der Waals surface area (Å²) in [7, 11) is 0. The van der Waals surface area contributed by atoms with Crippen LogP contribution < -0.4 is 10.1 Å². The van der Waals surface area contributed by atoms with E-state index in [0.717, 1.165) is 0 Å². The second-order valence-corrected chi connectivity index (χ2v) is 5.04. The quantitative estimate of drug-likeness (QED) is 0.657. The minimum Gasteiger partial charge on any atom is -0.426 e. The van der Waals surface area contributed by atoms with Crippen LogP contribution in [0.2, 0.25) is 0 Å². The highest BCUT2D eigenvalue weighted by molar-refractivity contribution is 5.82. The van der Waals surface area contributed by atoms with Crippen LogP contribution in [-0.2, 0) is 9.59 Å². The highest BCUT2D eigenvalue weighted by Crippen LogP contribution is 2.12. The molecule has 0 fully saturated rings. The topological polar surface area (TPSA) is 55.4 Å². The Morgan fingerprint density at radius 3 is 2.33 bits per heavy atom. The Hall–Kier alpha value is -1.84. The summed E-state index contributed by atoms with van der Waals surface area (Å²) in [4.78, 5) is 23.0. The Morgan fingerprint density at radius 1 is 1.17 bits per heavy atom. The largest absolute Gasteiger partial charge is 0.426 e. The van der Waals surface area contributed by atoms with E-state index in [1.807, 2.05) is 26.8 Å². The first-order chi connectivity index (χ1) is 8.39. The minimum absolute atomic E-state index is 0.0741. The van der Waals surface area contributed by atoms with Gasteiger partial charge in [0.25, 0.3) is 0 Å². The third-order valence-corrected chi connectivity index (χ3v) is 2.27. The molecule has 0 aromatic heterocycles. The predicted molar refractivity (Wildman–Crippen MR) is 69.2 cm³/mol. The van der Waals surface area contributed by atoms with Crippen LogP contribution in [0.25, 0.3) is 0 Å². The average Bonchev–Trinajstić information content (AvgIpc) is 2.28. The molecule has 98 valence electrons. The zero-order valence-electron chi connectivity index (χ0n) is 11.0. The van der Waals surface area contributed by atoms with Gasteiger partial charge in [-0.2, -0.15) is 0 Å². The molecule has 1 amide bonds. The second-order valence-electron chi connectivity index (χ2n) is 5.04. The number of para-hydroxylation sites is 1. The van der Waals surface area contributed by atoms with Gasteiger partial charge in [0.05, 0.1) is 6.42 Å². The molecule has 4 heteroatoms. The number of rotatable bonds is 4. The van der Waals surface area contributed by atoms with Gasteiger partial charge in [-0.05, 0) is 12.1 Å². The average molecular weight is 249 g/mol. The maximum atomic E-state index is 11.5. The molecular formula is C14H19NO3. The second kappa shape index (κ2) is 6.19. The first kappa shape index (κ1) is 14.2. The summed E-state index contributed by atoms with van der Waals surface area (Å²) in [6.45, 7) is 5.77. The highest BCUT2D eigenvalue weighted by Gasteiger charge is 2.20. The van der Waals surface area contributed by atoms with Crippen molar-refractivity contribution in [1.29, 1.82) is 0 Å². The fourth-order valence-corrected chi connectivity index (χ4v) is 1.21. The monoisotopic (exact) mass is 249 g/mol. The van der Waals surface area contributed by atoms with E-state index < -0.39 is 5.41 Å². The van der Waals surface area contributed by atoms with Crippen LogP contribution in [0.15, 0.2) is 30.3 Å². The molecule has 1 rings (SSSR count). The SMILES string of the molecule is CC(C)(C)C(=O)NCCC(=O)Oc1ccccc1. The fraction of sp³-hybridized carbons (Fsp3) is 0.429. The van der Waals surface area contributed by atoms with Crippen LogP contribution in [-0.4, -0.2) is 18.4 Å². The number of hydrogen-bond acceptors (Lipinski definition) is 3. The van der Waals surface area contributed by atoms with Gasteiger partial charge in [0, 0.05) is 12.0 Å². The molecule has 0 radical (unpaired) electrons. The number of amides is 1. The molecule has 0 aliphatic heterocycles. The molecule has 0 saturated heterocycles. The Labute approximate surface area is 107 Å². The Kier molecular flexibility index (Phi) is 4.89. The standard InChI is InChI=1S/C14H19NO3/c1-14(2,3)13(17)15-10-9-12(16)18-11-7-5-4-6-8-11/h4-8H,9-10H2,1-3H3,(H,15,17). The van der Waals surface area contributed by atoms with Crippen molar-refractivity contribution >= 4 is 11.9 Å². The first-order valence-electron chi connectivity index (χ1n) is 5.93. The van der Waals surface area contributed by atoms with Gasteiger partial charge in [-0.15, -0.1) is 0 Å². The number of ether oxygens (including phenoxy) is 1. The van der Waals surface area contributed by atoms with Crippen molar-refractivity contribution in [3.63, 3.8) is 0 Å². The lowest BCUT2D eigenvalue weighted by atomic mass is 9.96. The van der Waals surface area contributed by atoms with Crippen molar-refractivity contribution in [2.24, 2.45) is 5.41 Å². The minimum atomic E-state index is -0.441. The van der Waals surface area contributed by atoms with Gasteiger partial charge in [-0.25, -0.2) is 0 Å². The third kappa shape index (κ3) is 4.99. The van der Waals surface area contributed by atoms with Crippen molar-refractivity contribution in [2.75, 3.05) is 6.54 Å². The summed E-state index contributed by atoms with van der Waals surface area (Å²) in [6.07, 6.45) is 0.163. The van der Waals surface area contributed by atoms with Crippen molar-refractivity contribution in [3.8, 4) is 5.75 Å². The summed E-state index contributed by atoms with van der Waals surface area (Å²) >= 11 is 0. The maximum absolute atomic E-state index is 11.5. The van der Waals surface area contributed by atoms with Crippen LogP contribution >= 0.6 is 0 Å². The van der Waals surface area contributed by atoms with Crippen LogP contribution in [0.1, 0.15) is 27.2 Å². The molecular weight excluding hydrogens is 230 g/mol. The molecule has 0 saturated carbocycles. The molecule has 0 aliphatic carbocycles. The summed E-state index contributed by atoms with van der Waals surface area (Å²) in [5.41, 5.74) is -0.441. The lowest BCUT2D eigenvalue weighted by Crippen LogP contribution is -2.36. The molecule has 0 atom stereocenters. The van der Waals surface area contributed by atoms with E-state index in [4.69, 9.17) is 4.74 Å². The number of nitrogens with one attached hydrogen (secondary N) is 1. The molecule has 1 aromatic rings. The normalized spacial score (nSPS) is 10.8. The van der Waals surface area contributed by atoms with Crippen LogP contribution in [0.3, 0.4) is 0 Å². The van der Waals surface area contributed by atoms with Gasteiger partial charge in [0.15, 0.2) is 0 Å². The lowest BCUT2D eigenvalue weighted by molar-refractivity contribution is -0.134. The smallest absolute Gasteiger partial charge is 0.312 e. The molecule has 0 unspecified atom stereocenters. The lowest BCUT2D eigenvalue weighted by Gasteiger charge is -2.17. The van der Waals surface area contributed by atoms with Crippen molar-refractivity contribution in [2.45, 2.75) is 27.2 Å². The number of esters is 1. The van der Waals surface area contributed by atoms with Crippen molar-refractivity contribution in [3.05, 3.63) is 30.3 Å². The summed E-state index contributed by atoms with van der Waals surface area (Å²) in [5, 5.41) is 2.70. The van der Waals surface area contributed by atoms with E-state index in [-0.39, 0.29) is 18.3 Å². The summed E-state index contributed by atoms with van der Waals surface area (Å²) in [6, 6.07) is 8.87. The molecule has 0 heterocycles. The van der Waals surface area contributed by atoms with E-state index in [0.29, 0.717) is 12.3 Å². The first-order valence-corrected chi connectivity index (χ1v) is 5.93. The number of carbonyl (C=O) groups is 2. The molecule has 18 heavy (non-hydrogen) atoms. The Bertz CT molecular complexity index is 407. The van der Waals surface area contributed by atoms with Gasteiger partial charge < -0.3 is 10.1 Å². The van der Waals surface area contributed by atoms with Crippen LogP contribution in [0.5, 0.6) is 5.75 Å². The van der Waals surface area contributed by atoms with E-state index in [1.165, 1.54) is 0 Å². The molecule has 0 bridgehead atoms. The van der Waals surface area contributed by atoms with Gasteiger partial charge in [0.2, 0.25) is 5.91 Å². The van der Waals surface area contributed by atoms with Crippen LogP contribution in [0, 0.1) is 5.41 Å². The van der Waals surface area contributed by atoms with E-state index in [9.17, 15) is 9.59 Å². The summed E-state index contributed by atoms with van der Waals surface area (Å²) in [5.74, 6) is 0.0927. The van der Waals surface area contributed by atoms with Gasteiger partial charge in [-0.1, -0.05) is 39.0 Å². The molecule has 0 aliphatic rings. The Balaban J connectivity index is 2.28. The molecule has 1 aromatic carbocycles. The molecule has 4 nitrogen and oxygen atoms in total. The molecule has 0 spiro atoms. The van der Waals surface area contributed by atoms with E-state index in [1.54, 1.807) is 24.3 Å². The Morgan fingerprint density at radius 2 is 1.78 bits per heavy atom. The maximum Gasteiger partial charge on any atom is 0.312 e. The van der Waals surface area contributed by atoms with Gasteiger partial charge in [0.1, 0.15) is 5.75 Å². The van der Waals surface area contributed by atoms with Crippen molar-refractivity contribution < 1.29 is 14.3 Å².